The fourth-order valence-corrected chi connectivity index (χ4v) is 1.73. The lowest BCUT2D eigenvalue weighted by atomic mass is 10.1. The van der Waals surface area contributed by atoms with Gasteiger partial charge in [0.25, 0.3) is 0 Å². The molecular weight excluding hydrogens is 214 g/mol. The van der Waals surface area contributed by atoms with Gasteiger partial charge >= 0.3 is 0 Å². The molecule has 88 valence electrons. The first-order valence-corrected chi connectivity index (χ1v) is 5.69. The van der Waals surface area contributed by atoms with Crippen LogP contribution in [-0.4, -0.2) is 10.8 Å². The van der Waals surface area contributed by atoms with Crippen LogP contribution >= 0.6 is 0 Å². The minimum atomic E-state index is -0.0670. The Hall–Kier alpha value is -1.90. The predicted octanol–water partition coefficient (Wildman–Crippen LogP) is 3.42. The molecule has 0 saturated heterocycles. The average molecular weight is 229 g/mol. The highest BCUT2D eigenvalue weighted by molar-refractivity contribution is 5.93. The maximum atomic E-state index is 11.3. The number of hydrogen-bond donors (Lipinski definition) is 0. The first kappa shape index (κ1) is 11.6. The second-order valence-electron chi connectivity index (χ2n) is 4.03. The van der Waals surface area contributed by atoms with Gasteiger partial charge in [-0.1, -0.05) is 19.1 Å². The van der Waals surface area contributed by atoms with Gasteiger partial charge in [-0.15, -0.1) is 0 Å². The van der Waals surface area contributed by atoms with E-state index < -0.39 is 0 Å². The van der Waals surface area contributed by atoms with Crippen LogP contribution in [-0.2, 0) is 6.42 Å². The molecule has 0 radical (unpaired) electrons. The number of hydrogen-bond acceptors (Lipinski definition) is 3. The Bertz CT molecular complexity index is 538. The summed E-state index contributed by atoms with van der Waals surface area (Å²) in [5, 5.41) is 0. The van der Waals surface area contributed by atoms with Gasteiger partial charge in [-0.3, -0.25) is 4.79 Å². The van der Waals surface area contributed by atoms with Crippen molar-refractivity contribution in [2.24, 2.45) is 0 Å². The molecule has 0 unspecified atom stereocenters. The van der Waals surface area contributed by atoms with E-state index in [1.165, 1.54) is 12.5 Å². The Kier molecular flexibility index (Phi) is 3.09. The first-order valence-electron chi connectivity index (χ1n) is 5.69. The van der Waals surface area contributed by atoms with E-state index >= 15 is 0 Å². The third-order valence-electron chi connectivity index (χ3n) is 2.74. The highest BCUT2D eigenvalue weighted by atomic mass is 16.4. The third kappa shape index (κ3) is 2.28. The summed E-state index contributed by atoms with van der Waals surface area (Å²) in [6.45, 7) is 5.36. The van der Waals surface area contributed by atoms with E-state index in [-0.39, 0.29) is 5.78 Å². The number of carbonyl (C=O) groups is 1. The molecule has 0 saturated carbocycles. The van der Waals surface area contributed by atoms with E-state index in [4.69, 9.17) is 4.42 Å². The standard InChI is InChI=1S/C14H15NO2/c1-4-11-5-7-12(8-6-11)14-15-13(9(2)16)10(3)17-14/h5-8H,4H2,1-3H3. The number of oxazole rings is 1. The van der Waals surface area contributed by atoms with Gasteiger partial charge in [-0.2, -0.15) is 0 Å². The van der Waals surface area contributed by atoms with Gasteiger partial charge in [0.2, 0.25) is 5.89 Å². The predicted molar refractivity (Wildman–Crippen MR) is 66.1 cm³/mol. The number of carbonyl (C=O) groups excluding carboxylic acids is 1. The number of benzene rings is 1. The van der Waals surface area contributed by atoms with Crippen LogP contribution in [0.3, 0.4) is 0 Å². The van der Waals surface area contributed by atoms with E-state index in [2.05, 4.69) is 11.9 Å². The largest absolute Gasteiger partial charge is 0.441 e. The summed E-state index contributed by atoms with van der Waals surface area (Å²) in [6, 6.07) is 8.02. The Labute approximate surface area is 100 Å². The van der Waals surface area contributed by atoms with Crippen molar-refractivity contribution in [1.29, 1.82) is 0 Å². The third-order valence-corrected chi connectivity index (χ3v) is 2.74. The van der Waals surface area contributed by atoms with Crippen LogP contribution in [0, 0.1) is 6.92 Å². The zero-order valence-corrected chi connectivity index (χ0v) is 10.3. The quantitative estimate of drug-likeness (QED) is 0.757. The van der Waals surface area contributed by atoms with Crippen LogP contribution < -0.4 is 0 Å². The molecule has 0 aliphatic rings. The molecule has 2 rings (SSSR count). The van der Waals surface area contributed by atoms with Crippen molar-refractivity contribution in [3.05, 3.63) is 41.3 Å². The summed E-state index contributed by atoms with van der Waals surface area (Å²) in [6.07, 6.45) is 1.00. The molecule has 1 aromatic carbocycles. The van der Waals surface area contributed by atoms with E-state index in [0.717, 1.165) is 12.0 Å². The summed E-state index contributed by atoms with van der Waals surface area (Å²) < 4.78 is 5.50. The lowest BCUT2D eigenvalue weighted by molar-refractivity contribution is 0.101. The molecule has 0 spiro atoms. The van der Waals surface area contributed by atoms with Gasteiger partial charge in [-0.25, -0.2) is 4.98 Å². The number of nitrogens with zero attached hydrogens (tertiary/aromatic N) is 1. The lowest BCUT2D eigenvalue weighted by Crippen LogP contribution is -1.94. The van der Waals surface area contributed by atoms with Crippen LogP contribution in [0.2, 0.25) is 0 Å². The van der Waals surface area contributed by atoms with Crippen molar-refractivity contribution in [1.82, 2.24) is 4.98 Å². The summed E-state index contributed by atoms with van der Waals surface area (Å²) >= 11 is 0. The molecule has 2 aromatic rings. The van der Waals surface area contributed by atoms with Crippen molar-refractivity contribution >= 4 is 5.78 Å². The van der Waals surface area contributed by atoms with E-state index in [0.29, 0.717) is 17.3 Å². The second kappa shape index (κ2) is 4.53. The molecule has 0 amide bonds. The van der Waals surface area contributed by atoms with E-state index in [1.54, 1.807) is 6.92 Å². The van der Waals surface area contributed by atoms with Gasteiger partial charge in [0.1, 0.15) is 11.5 Å². The van der Waals surface area contributed by atoms with Gasteiger partial charge < -0.3 is 4.42 Å². The molecule has 0 bridgehead atoms. The molecule has 3 heteroatoms. The molecule has 0 aliphatic carbocycles. The normalized spacial score (nSPS) is 10.5. The summed E-state index contributed by atoms with van der Waals surface area (Å²) in [7, 11) is 0. The molecule has 3 nitrogen and oxygen atoms in total. The van der Waals surface area contributed by atoms with Crippen molar-refractivity contribution in [3.63, 3.8) is 0 Å². The maximum Gasteiger partial charge on any atom is 0.226 e. The van der Waals surface area contributed by atoms with Gasteiger partial charge in [0.05, 0.1) is 0 Å². The molecular formula is C14H15NO2. The first-order chi connectivity index (χ1) is 8.11. The molecule has 0 fully saturated rings. The summed E-state index contributed by atoms with van der Waals surface area (Å²) in [5.74, 6) is 1.02. The number of Topliss-reactive ketones (excluding diaryl/α,β-unsaturated/α-hetero) is 1. The van der Waals surface area contributed by atoms with Crippen LogP contribution in [0.4, 0.5) is 0 Å². The molecule has 1 aromatic heterocycles. The lowest BCUT2D eigenvalue weighted by Gasteiger charge is -1.97. The van der Waals surface area contributed by atoms with Gasteiger partial charge in [-0.05, 0) is 31.0 Å². The smallest absolute Gasteiger partial charge is 0.226 e. The van der Waals surface area contributed by atoms with E-state index in [9.17, 15) is 4.79 Å². The van der Waals surface area contributed by atoms with Crippen molar-refractivity contribution in [2.45, 2.75) is 27.2 Å². The van der Waals surface area contributed by atoms with Crippen molar-refractivity contribution in [3.8, 4) is 11.5 Å². The molecule has 17 heavy (non-hydrogen) atoms. The Balaban J connectivity index is 2.39. The number of aryl methyl sites for hydroxylation is 2. The molecule has 0 N–H and O–H groups in total. The number of rotatable bonds is 3. The Morgan fingerprint density at radius 1 is 1.29 bits per heavy atom. The summed E-state index contributed by atoms with van der Waals surface area (Å²) in [4.78, 5) is 15.5. The van der Waals surface area contributed by atoms with Crippen LogP contribution in [0.15, 0.2) is 28.7 Å². The highest BCUT2D eigenvalue weighted by Crippen LogP contribution is 2.22. The van der Waals surface area contributed by atoms with Gasteiger partial charge in [0.15, 0.2) is 5.78 Å². The van der Waals surface area contributed by atoms with Crippen molar-refractivity contribution < 1.29 is 9.21 Å². The Morgan fingerprint density at radius 2 is 1.94 bits per heavy atom. The van der Waals surface area contributed by atoms with E-state index in [1.807, 2.05) is 24.3 Å². The second-order valence-corrected chi connectivity index (χ2v) is 4.03. The SMILES string of the molecule is CCc1ccc(-c2nc(C(C)=O)c(C)o2)cc1. The zero-order valence-electron chi connectivity index (χ0n) is 10.3. The molecule has 0 aliphatic heterocycles. The fraction of sp³-hybridized carbons (Fsp3) is 0.286. The molecule has 0 atom stereocenters. The average Bonchev–Trinajstić information content (AvgIpc) is 2.71. The minimum Gasteiger partial charge on any atom is -0.441 e. The Morgan fingerprint density at radius 3 is 2.41 bits per heavy atom. The van der Waals surface area contributed by atoms with Crippen LogP contribution in [0.5, 0.6) is 0 Å². The highest BCUT2D eigenvalue weighted by Gasteiger charge is 2.14. The van der Waals surface area contributed by atoms with Crippen LogP contribution in [0.1, 0.15) is 35.7 Å². The minimum absolute atomic E-state index is 0.0670. The van der Waals surface area contributed by atoms with Gasteiger partial charge in [0, 0.05) is 12.5 Å². The van der Waals surface area contributed by atoms with Crippen LogP contribution in [0.25, 0.3) is 11.5 Å². The fourth-order valence-electron chi connectivity index (χ4n) is 1.73. The zero-order chi connectivity index (χ0) is 12.4. The molecule has 1 heterocycles. The van der Waals surface area contributed by atoms with Crippen molar-refractivity contribution in [2.75, 3.05) is 0 Å². The summed E-state index contributed by atoms with van der Waals surface area (Å²) in [5.41, 5.74) is 2.58. The monoisotopic (exact) mass is 229 g/mol. The maximum absolute atomic E-state index is 11.3. The topological polar surface area (TPSA) is 43.1 Å². The number of ketones is 1. The number of aromatic nitrogens is 1.